The smallest absolute Gasteiger partial charge is 0.249 e. The van der Waals surface area contributed by atoms with E-state index in [0.717, 1.165) is 6.42 Å². The fourth-order valence-corrected chi connectivity index (χ4v) is 3.53. The van der Waals surface area contributed by atoms with E-state index < -0.39 is 23.6 Å². The molecule has 2 aliphatic rings. The van der Waals surface area contributed by atoms with E-state index in [1.165, 1.54) is 16.7 Å². The Morgan fingerprint density at radius 2 is 2.05 bits per heavy atom. The van der Waals surface area contributed by atoms with Crippen LogP contribution in [-0.4, -0.2) is 69.9 Å². The monoisotopic (exact) mass is 298 g/mol. The summed E-state index contributed by atoms with van der Waals surface area (Å²) in [5, 5.41) is 9.72. The van der Waals surface area contributed by atoms with Crippen molar-refractivity contribution in [3.63, 3.8) is 0 Å². The second-order valence-electron chi connectivity index (χ2n) is 5.72. The normalized spacial score (nSPS) is 28.2. The van der Waals surface area contributed by atoms with Crippen LogP contribution in [0.4, 0.5) is 0 Å². The van der Waals surface area contributed by atoms with Crippen molar-refractivity contribution in [3.8, 4) is 0 Å². The molecular formula is C13H22N4O4. The van der Waals surface area contributed by atoms with Gasteiger partial charge in [0.15, 0.2) is 0 Å². The van der Waals surface area contributed by atoms with Crippen LogP contribution < -0.4 is 11.5 Å². The Balaban J connectivity index is 2.28. The van der Waals surface area contributed by atoms with E-state index in [-0.39, 0.29) is 18.4 Å². The van der Waals surface area contributed by atoms with Crippen LogP contribution in [0.5, 0.6) is 0 Å². The van der Waals surface area contributed by atoms with Crippen LogP contribution in [0.15, 0.2) is 0 Å². The largest absolute Gasteiger partial charge is 0.391 e. The van der Waals surface area contributed by atoms with E-state index in [1.807, 2.05) is 0 Å². The van der Waals surface area contributed by atoms with E-state index in [1.54, 1.807) is 0 Å². The molecule has 0 aliphatic carbocycles. The molecule has 3 amide bonds. The number of likely N-dealkylation sites (tertiary alicyclic amines) is 2. The Bertz CT molecular complexity index is 467. The molecule has 21 heavy (non-hydrogen) atoms. The topological polar surface area (TPSA) is 130 Å². The molecule has 2 heterocycles. The summed E-state index contributed by atoms with van der Waals surface area (Å²) in [4.78, 5) is 39.1. The predicted octanol–water partition coefficient (Wildman–Crippen LogP) is -2.23. The highest BCUT2D eigenvalue weighted by molar-refractivity contribution is 5.97. The Hall–Kier alpha value is -1.67. The van der Waals surface area contributed by atoms with Gasteiger partial charge >= 0.3 is 0 Å². The molecule has 0 aromatic rings. The number of hydrogen-bond acceptors (Lipinski definition) is 5. The van der Waals surface area contributed by atoms with Gasteiger partial charge in [-0.25, -0.2) is 0 Å². The average Bonchev–Trinajstić information content (AvgIpc) is 2.97. The summed E-state index contributed by atoms with van der Waals surface area (Å²) in [5.41, 5.74) is 9.79. The number of hydrogen-bond donors (Lipinski definition) is 3. The van der Waals surface area contributed by atoms with Crippen molar-refractivity contribution in [2.75, 3.05) is 19.6 Å². The molecule has 2 rings (SSSR count). The highest BCUT2D eigenvalue weighted by Gasteiger charge is 2.56. The quantitative estimate of drug-likeness (QED) is 0.541. The first-order valence-electron chi connectivity index (χ1n) is 7.14. The van der Waals surface area contributed by atoms with E-state index in [4.69, 9.17) is 11.5 Å². The molecule has 0 radical (unpaired) electrons. The van der Waals surface area contributed by atoms with Gasteiger partial charge in [0.25, 0.3) is 0 Å². The first-order valence-corrected chi connectivity index (χ1v) is 7.14. The van der Waals surface area contributed by atoms with Gasteiger partial charge in [-0.15, -0.1) is 0 Å². The number of carbonyl (C=O) groups excluding carboxylic acids is 3. The molecule has 2 aliphatic heterocycles. The Kier molecular flexibility index (Phi) is 4.20. The third kappa shape index (κ3) is 2.38. The summed E-state index contributed by atoms with van der Waals surface area (Å²) in [7, 11) is 0. The summed E-state index contributed by atoms with van der Waals surface area (Å²) in [6, 6.07) is -1.06. The molecular weight excluding hydrogens is 276 g/mol. The first kappa shape index (κ1) is 15.7. The molecule has 5 N–H and O–H groups in total. The van der Waals surface area contributed by atoms with Gasteiger partial charge in [-0.2, -0.15) is 0 Å². The van der Waals surface area contributed by atoms with E-state index >= 15 is 0 Å². The van der Waals surface area contributed by atoms with Crippen molar-refractivity contribution in [2.24, 2.45) is 11.5 Å². The lowest BCUT2D eigenvalue weighted by Gasteiger charge is -2.35. The minimum atomic E-state index is -1.06. The van der Waals surface area contributed by atoms with Gasteiger partial charge in [-0.3, -0.25) is 14.4 Å². The summed E-state index contributed by atoms with van der Waals surface area (Å²) < 4.78 is 0. The van der Waals surface area contributed by atoms with Gasteiger partial charge in [-0.1, -0.05) is 0 Å². The van der Waals surface area contributed by atoms with Crippen LogP contribution in [0.25, 0.3) is 0 Å². The highest BCUT2D eigenvalue weighted by atomic mass is 16.3. The number of primary amides is 1. The number of rotatable bonds is 4. The van der Waals surface area contributed by atoms with Crippen molar-refractivity contribution in [2.45, 2.75) is 43.9 Å². The molecule has 1 unspecified atom stereocenters. The number of nitrogens with two attached hydrogens (primary N) is 2. The summed E-state index contributed by atoms with van der Waals surface area (Å²) >= 11 is 0. The molecule has 0 aromatic heterocycles. The minimum Gasteiger partial charge on any atom is -0.391 e. The van der Waals surface area contributed by atoms with Crippen LogP contribution in [0.3, 0.4) is 0 Å². The van der Waals surface area contributed by atoms with Crippen molar-refractivity contribution in [3.05, 3.63) is 0 Å². The maximum atomic E-state index is 12.8. The standard InChI is InChI=1S/C13H22N4O4/c1-8(18)10(11(15)20)16-6-4-13(12(16)21)3-2-5-17(13)9(19)7-14/h8,10,18H,2-7,14H2,1H3,(H2,15,20)/t8-,10+,13?/m1/s1. The Morgan fingerprint density at radius 1 is 1.38 bits per heavy atom. The maximum Gasteiger partial charge on any atom is 0.249 e. The van der Waals surface area contributed by atoms with Gasteiger partial charge < -0.3 is 26.4 Å². The van der Waals surface area contributed by atoms with E-state index in [0.29, 0.717) is 25.9 Å². The molecule has 0 saturated carbocycles. The number of aliphatic hydroxyl groups is 1. The highest BCUT2D eigenvalue weighted by Crippen LogP contribution is 2.39. The SMILES string of the molecule is C[C@@H](O)[C@@H](C(N)=O)N1CCC2(CCCN2C(=O)CN)C1=O. The molecule has 1 spiro atoms. The van der Waals surface area contributed by atoms with Crippen molar-refractivity contribution < 1.29 is 19.5 Å². The van der Waals surface area contributed by atoms with Gasteiger partial charge in [0.2, 0.25) is 17.7 Å². The van der Waals surface area contributed by atoms with E-state index in [2.05, 4.69) is 0 Å². The zero-order valence-electron chi connectivity index (χ0n) is 12.1. The Morgan fingerprint density at radius 3 is 2.57 bits per heavy atom. The molecule has 118 valence electrons. The number of carbonyl (C=O) groups is 3. The molecule has 0 aromatic carbocycles. The molecule has 3 atom stereocenters. The average molecular weight is 298 g/mol. The second kappa shape index (κ2) is 5.61. The zero-order chi connectivity index (χ0) is 15.8. The van der Waals surface area contributed by atoms with Crippen LogP contribution in [0, 0.1) is 0 Å². The minimum absolute atomic E-state index is 0.148. The fourth-order valence-electron chi connectivity index (χ4n) is 3.53. The summed E-state index contributed by atoms with van der Waals surface area (Å²) in [6.07, 6.45) is 0.663. The fraction of sp³-hybridized carbons (Fsp3) is 0.769. The lowest BCUT2D eigenvalue weighted by Crippen LogP contribution is -2.58. The summed E-state index contributed by atoms with van der Waals surface area (Å²) in [6.45, 7) is 2.06. The van der Waals surface area contributed by atoms with Crippen LogP contribution >= 0.6 is 0 Å². The van der Waals surface area contributed by atoms with E-state index in [9.17, 15) is 19.5 Å². The predicted molar refractivity (Wildman–Crippen MR) is 73.7 cm³/mol. The third-order valence-electron chi connectivity index (χ3n) is 4.47. The van der Waals surface area contributed by atoms with Crippen LogP contribution in [0.1, 0.15) is 26.2 Å². The Labute approximate surface area is 123 Å². The molecule has 2 saturated heterocycles. The van der Waals surface area contributed by atoms with Crippen LogP contribution in [0.2, 0.25) is 0 Å². The van der Waals surface area contributed by atoms with Crippen molar-refractivity contribution in [1.82, 2.24) is 9.80 Å². The molecule has 2 fully saturated rings. The number of amides is 3. The number of aliphatic hydroxyl groups excluding tert-OH is 1. The molecule has 8 heteroatoms. The zero-order valence-corrected chi connectivity index (χ0v) is 12.1. The lowest BCUT2D eigenvalue weighted by atomic mass is 9.94. The van der Waals surface area contributed by atoms with Crippen molar-refractivity contribution in [1.29, 1.82) is 0 Å². The number of nitrogens with zero attached hydrogens (tertiary/aromatic N) is 2. The first-order chi connectivity index (χ1) is 9.85. The van der Waals surface area contributed by atoms with Crippen molar-refractivity contribution >= 4 is 17.7 Å². The van der Waals surface area contributed by atoms with Gasteiger partial charge in [0, 0.05) is 13.1 Å². The lowest BCUT2D eigenvalue weighted by molar-refractivity contribution is -0.150. The van der Waals surface area contributed by atoms with Gasteiger partial charge in [0.05, 0.1) is 12.6 Å². The van der Waals surface area contributed by atoms with Gasteiger partial charge in [-0.05, 0) is 26.2 Å². The maximum absolute atomic E-state index is 12.8. The second-order valence-corrected chi connectivity index (χ2v) is 5.72. The van der Waals surface area contributed by atoms with Gasteiger partial charge in [0.1, 0.15) is 11.6 Å². The van der Waals surface area contributed by atoms with Crippen LogP contribution in [-0.2, 0) is 14.4 Å². The molecule has 8 nitrogen and oxygen atoms in total. The molecule has 0 bridgehead atoms. The third-order valence-corrected chi connectivity index (χ3v) is 4.47. The summed E-state index contributed by atoms with van der Waals surface area (Å²) in [5.74, 6) is -1.33.